The third kappa shape index (κ3) is 5.77. The standard InChI is InChI=1S/C15H23NO3/c1-17-11-10-16-9-5-4-6-13-7-8-14(18-2)15(12-13)19-3/h4,6-8,12,16H,5,9-11H2,1-3H3. The largest absolute Gasteiger partial charge is 0.493 e. The van der Waals surface area contributed by atoms with Gasteiger partial charge in [0.25, 0.3) is 0 Å². The summed E-state index contributed by atoms with van der Waals surface area (Å²) in [7, 11) is 4.99. The molecule has 0 radical (unpaired) electrons. The second kappa shape index (κ2) is 9.42. The lowest BCUT2D eigenvalue weighted by Crippen LogP contribution is -2.19. The summed E-state index contributed by atoms with van der Waals surface area (Å²) >= 11 is 0. The Kier molecular flexibility index (Phi) is 7.70. The van der Waals surface area contributed by atoms with Gasteiger partial charge in [-0.05, 0) is 30.7 Å². The van der Waals surface area contributed by atoms with Crippen LogP contribution < -0.4 is 14.8 Å². The lowest BCUT2D eigenvalue weighted by molar-refractivity contribution is 0.199. The fraction of sp³-hybridized carbons (Fsp3) is 0.467. The molecule has 0 aromatic heterocycles. The van der Waals surface area contributed by atoms with Gasteiger partial charge in [0.15, 0.2) is 11.5 Å². The van der Waals surface area contributed by atoms with Crippen molar-refractivity contribution in [3.8, 4) is 11.5 Å². The molecule has 1 aromatic carbocycles. The van der Waals surface area contributed by atoms with E-state index in [2.05, 4.69) is 17.5 Å². The number of ether oxygens (including phenoxy) is 3. The second-order valence-electron chi connectivity index (χ2n) is 4.05. The van der Waals surface area contributed by atoms with Crippen molar-refractivity contribution < 1.29 is 14.2 Å². The van der Waals surface area contributed by atoms with Crippen LogP contribution in [0.3, 0.4) is 0 Å². The van der Waals surface area contributed by atoms with E-state index < -0.39 is 0 Å². The molecule has 4 nitrogen and oxygen atoms in total. The van der Waals surface area contributed by atoms with Crippen LogP contribution >= 0.6 is 0 Å². The molecule has 1 aromatic rings. The number of rotatable bonds is 9. The maximum atomic E-state index is 5.26. The Morgan fingerprint density at radius 1 is 1.05 bits per heavy atom. The van der Waals surface area contributed by atoms with Gasteiger partial charge in [-0.15, -0.1) is 0 Å². The van der Waals surface area contributed by atoms with Crippen molar-refractivity contribution >= 4 is 6.08 Å². The van der Waals surface area contributed by atoms with Gasteiger partial charge in [-0.2, -0.15) is 0 Å². The zero-order chi connectivity index (χ0) is 13.9. The lowest BCUT2D eigenvalue weighted by atomic mass is 10.1. The molecule has 0 heterocycles. The topological polar surface area (TPSA) is 39.7 Å². The summed E-state index contributed by atoms with van der Waals surface area (Å²) in [6, 6.07) is 5.89. The summed E-state index contributed by atoms with van der Waals surface area (Å²) in [4.78, 5) is 0. The van der Waals surface area contributed by atoms with E-state index in [1.54, 1.807) is 21.3 Å². The van der Waals surface area contributed by atoms with Crippen LogP contribution in [0.2, 0.25) is 0 Å². The Morgan fingerprint density at radius 3 is 2.53 bits per heavy atom. The van der Waals surface area contributed by atoms with Crippen LogP contribution in [0.4, 0.5) is 0 Å². The normalized spacial score (nSPS) is 10.9. The Morgan fingerprint density at radius 2 is 1.84 bits per heavy atom. The summed E-state index contributed by atoms with van der Waals surface area (Å²) < 4.78 is 15.4. The quantitative estimate of drug-likeness (QED) is 0.696. The van der Waals surface area contributed by atoms with Crippen LogP contribution in [0, 0.1) is 0 Å². The van der Waals surface area contributed by atoms with E-state index in [0.717, 1.165) is 43.2 Å². The number of hydrogen-bond acceptors (Lipinski definition) is 4. The molecule has 0 spiro atoms. The molecule has 0 saturated carbocycles. The van der Waals surface area contributed by atoms with Crippen molar-refractivity contribution in [2.75, 3.05) is 41.0 Å². The van der Waals surface area contributed by atoms with E-state index in [1.165, 1.54) is 0 Å². The number of hydrogen-bond donors (Lipinski definition) is 1. The van der Waals surface area contributed by atoms with E-state index in [4.69, 9.17) is 14.2 Å². The van der Waals surface area contributed by atoms with Gasteiger partial charge in [-0.3, -0.25) is 0 Å². The number of nitrogens with one attached hydrogen (secondary N) is 1. The third-order valence-electron chi connectivity index (χ3n) is 2.69. The molecule has 4 heteroatoms. The van der Waals surface area contributed by atoms with Gasteiger partial charge in [0, 0.05) is 13.7 Å². The van der Waals surface area contributed by atoms with Gasteiger partial charge >= 0.3 is 0 Å². The monoisotopic (exact) mass is 265 g/mol. The summed E-state index contributed by atoms with van der Waals surface area (Å²) in [6.45, 7) is 2.59. The second-order valence-corrected chi connectivity index (χ2v) is 4.05. The van der Waals surface area contributed by atoms with Gasteiger partial charge in [-0.1, -0.05) is 18.2 Å². The average molecular weight is 265 g/mol. The average Bonchev–Trinajstić information content (AvgIpc) is 2.46. The van der Waals surface area contributed by atoms with Crippen LogP contribution in [-0.2, 0) is 4.74 Å². The minimum absolute atomic E-state index is 0.749. The van der Waals surface area contributed by atoms with Crippen molar-refractivity contribution in [3.05, 3.63) is 29.8 Å². The lowest BCUT2D eigenvalue weighted by Gasteiger charge is -2.07. The van der Waals surface area contributed by atoms with Gasteiger partial charge in [0.1, 0.15) is 0 Å². The fourth-order valence-corrected chi connectivity index (χ4v) is 1.66. The number of methoxy groups -OCH3 is 3. The van der Waals surface area contributed by atoms with Gasteiger partial charge in [-0.25, -0.2) is 0 Å². The van der Waals surface area contributed by atoms with Crippen LogP contribution in [-0.4, -0.2) is 41.0 Å². The molecule has 0 aliphatic heterocycles. The minimum atomic E-state index is 0.749. The Hall–Kier alpha value is -1.52. The predicted octanol–water partition coefficient (Wildman–Crippen LogP) is 2.34. The van der Waals surface area contributed by atoms with Crippen LogP contribution in [0.1, 0.15) is 12.0 Å². The highest BCUT2D eigenvalue weighted by Crippen LogP contribution is 2.27. The summed E-state index contributed by atoms with van der Waals surface area (Å²) in [5, 5.41) is 3.29. The molecule has 0 aliphatic carbocycles. The van der Waals surface area contributed by atoms with E-state index in [1.807, 2.05) is 18.2 Å². The molecule has 0 aliphatic rings. The molecule has 0 bridgehead atoms. The molecule has 0 fully saturated rings. The predicted molar refractivity (Wildman–Crippen MR) is 77.9 cm³/mol. The summed E-state index contributed by atoms with van der Waals surface area (Å²) in [5.41, 5.74) is 1.11. The first kappa shape index (κ1) is 15.5. The van der Waals surface area contributed by atoms with Crippen LogP contribution in [0.5, 0.6) is 11.5 Å². The number of benzene rings is 1. The molecule has 0 amide bonds. The molecule has 1 N–H and O–H groups in total. The molecule has 106 valence electrons. The molecule has 0 atom stereocenters. The summed E-state index contributed by atoms with van der Waals surface area (Å²) in [6.07, 6.45) is 5.21. The van der Waals surface area contributed by atoms with E-state index >= 15 is 0 Å². The third-order valence-corrected chi connectivity index (χ3v) is 2.69. The first-order valence-electron chi connectivity index (χ1n) is 6.40. The highest BCUT2D eigenvalue weighted by Gasteiger charge is 2.02. The molecular weight excluding hydrogens is 242 g/mol. The van der Waals surface area contributed by atoms with Crippen molar-refractivity contribution in [2.24, 2.45) is 0 Å². The van der Waals surface area contributed by atoms with Crippen LogP contribution in [0.15, 0.2) is 24.3 Å². The molecule has 0 saturated heterocycles. The molecule has 1 rings (SSSR count). The first-order valence-corrected chi connectivity index (χ1v) is 6.40. The molecular formula is C15H23NO3. The minimum Gasteiger partial charge on any atom is -0.493 e. The van der Waals surface area contributed by atoms with E-state index in [0.29, 0.717) is 0 Å². The van der Waals surface area contributed by atoms with Crippen LogP contribution in [0.25, 0.3) is 6.08 Å². The maximum absolute atomic E-state index is 5.26. The van der Waals surface area contributed by atoms with Crippen molar-refractivity contribution in [1.82, 2.24) is 5.32 Å². The van der Waals surface area contributed by atoms with E-state index in [-0.39, 0.29) is 0 Å². The highest BCUT2D eigenvalue weighted by atomic mass is 16.5. The van der Waals surface area contributed by atoms with E-state index in [9.17, 15) is 0 Å². The van der Waals surface area contributed by atoms with Gasteiger partial charge in [0.05, 0.1) is 20.8 Å². The first-order chi connectivity index (χ1) is 9.31. The summed E-state index contributed by atoms with van der Waals surface area (Å²) in [5.74, 6) is 1.50. The zero-order valence-corrected chi connectivity index (χ0v) is 11.9. The smallest absolute Gasteiger partial charge is 0.161 e. The van der Waals surface area contributed by atoms with Crippen molar-refractivity contribution in [1.29, 1.82) is 0 Å². The van der Waals surface area contributed by atoms with Gasteiger partial charge < -0.3 is 19.5 Å². The molecule has 0 unspecified atom stereocenters. The van der Waals surface area contributed by atoms with Gasteiger partial charge in [0.2, 0.25) is 0 Å². The van der Waals surface area contributed by atoms with Crippen molar-refractivity contribution in [2.45, 2.75) is 6.42 Å². The molecule has 19 heavy (non-hydrogen) atoms. The Bertz CT molecular complexity index is 391. The van der Waals surface area contributed by atoms with Crippen molar-refractivity contribution in [3.63, 3.8) is 0 Å². The highest BCUT2D eigenvalue weighted by molar-refractivity contribution is 5.55. The SMILES string of the molecule is COCCNCCC=Cc1ccc(OC)c(OC)c1. The maximum Gasteiger partial charge on any atom is 0.161 e. The Balaban J connectivity index is 2.39. The fourth-order valence-electron chi connectivity index (χ4n) is 1.66. The zero-order valence-electron chi connectivity index (χ0n) is 11.9. The Labute approximate surface area is 115 Å².